The molecule has 2 heterocycles. The van der Waals surface area contributed by atoms with Crippen LogP contribution in [0.5, 0.6) is 0 Å². The maximum atomic E-state index is 6.01. The van der Waals surface area contributed by atoms with E-state index in [0.717, 1.165) is 11.4 Å². The quantitative estimate of drug-likeness (QED) is 0.846. The van der Waals surface area contributed by atoms with E-state index in [1.807, 2.05) is 49.0 Å². The highest BCUT2D eigenvalue weighted by molar-refractivity contribution is 5.13. The fourth-order valence-corrected chi connectivity index (χ4v) is 1.78. The molecule has 0 aliphatic rings. The zero-order valence-electron chi connectivity index (χ0n) is 9.54. The molecule has 2 aromatic rings. The molecular formula is C12H16N4. The summed E-state index contributed by atoms with van der Waals surface area (Å²) >= 11 is 0. The number of pyridine rings is 1. The van der Waals surface area contributed by atoms with Crippen LogP contribution in [0.15, 0.2) is 36.7 Å². The zero-order valence-corrected chi connectivity index (χ0v) is 9.54. The summed E-state index contributed by atoms with van der Waals surface area (Å²) in [5.41, 5.74) is 7.94. The van der Waals surface area contributed by atoms with Gasteiger partial charge >= 0.3 is 0 Å². The minimum atomic E-state index is -0.0331. The molecule has 84 valence electrons. The number of hydrogen-bond donors (Lipinski definition) is 1. The monoisotopic (exact) mass is 216 g/mol. The van der Waals surface area contributed by atoms with Gasteiger partial charge in [-0.25, -0.2) is 0 Å². The van der Waals surface area contributed by atoms with Gasteiger partial charge < -0.3 is 5.73 Å². The van der Waals surface area contributed by atoms with Gasteiger partial charge in [0.1, 0.15) is 6.04 Å². The Bertz CT molecular complexity index is 447. The second-order valence-electron chi connectivity index (χ2n) is 4.00. The minimum absolute atomic E-state index is 0.00472. The molecule has 2 N–H and O–H groups in total. The SMILES string of the molecule is Cc1ccn(C(c2ccccn2)C(C)N)n1. The zero-order chi connectivity index (χ0) is 11.5. The van der Waals surface area contributed by atoms with Gasteiger partial charge in [0.05, 0.1) is 11.4 Å². The molecule has 0 aliphatic heterocycles. The van der Waals surface area contributed by atoms with Gasteiger partial charge in [-0.1, -0.05) is 6.07 Å². The molecule has 0 spiro atoms. The van der Waals surface area contributed by atoms with E-state index in [9.17, 15) is 0 Å². The van der Waals surface area contributed by atoms with Crippen LogP contribution in [0.1, 0.15) is 24.4 Å². The maximum absolute atomic E-state index is 6.01. The van der Waals surface area contributed by atoms with Crippen LogP contribution in [-0.2, 0) is 0 Å². The van der Waals surface area contributed by atoms with E-state index in [4.69, 9.17) is 5.73 Å². The largest absolute Gasteiger partial charge is 0.326 e. The average Bonchev–Trinajstić information content (AvgIpc) is 2.66. The van der Waals surface area contributed by atoms with Crippen molar-refractivity contribution in [2.24, 2.45) is 5.73 Å². The maximum Gasteiger partial charge on any atom is 0.109 e. The first-order valence-electron chi connectivity index (χ1n) is 5.37. The van der Waals surface area contributed by atoms with Crippen LogP contribution in [0.4, 0.5) is 0 Å². The Balaban J connectivity index is 2.39. The van der Waals surface area contributed by atoms with E-state index >= 15 is 0 Å². The van der Waals surface area contributed by atoms with Crippen LogP contribution in [0.2, 0.25) is 0 Å². The lowest BCUT2D eigenvalue weighted by atomic mass is 10.1. The molecule has 2 aromatic heterocycles. The lowest BCUT2D eigenvalue weighted by Crippen LogP contribution is -2.31. The van der Waals surface area contributed by atoms with Crippen molar-refractivity contribution in [1.29, 1.82) is 0 Å². The molecule has 2 unspecified atom stereocenters. The van der Waals surface area contributed by atoms with Crippen molar-refractivity contribution in [3.63, 3.8) is 0 Å². The van der Waals surface area contributed by atoms with Crippen molar-refractivity contribution in [2.75, 3.05) is 0 Å². The molecule has 0 amide bonds. The number of hydrogen-bond acceptors (Lipinski definition) is 3. The Morgan fingerprint density at radius 3 is 2.62 bits per heavy atom. The molecule has 0 radical (unpaired) electrons. The van der Waals surface area contributed by atoms with E-state index < -0.39 is 0 Å². The molecule has 2 rings (SSSR count). The summed E-state index contributed by atoms with van der Waals surface area (Å²) in [7, 11) is 0. The third-order valence-corrected chi connectivity index (χ3v) is 2.52. The molecule has 0 saturated carbocycles. The van der Waals surface area contributed by atoms with Crippen molar-refractivity contribution in [3.05, 3.63) is 48.0 Å². The third kappa shape index (κ3) is 2.12. The van der Waals surface area contributed by atoms with Gasteiger partial charge in [0.2, 0.25) is 0 Å². The van der Waals surface area contributed by atoms with E-state index in [-0.39, 0.29) is 12.1 Å². The molecule has 2 atom stereocenters. The molecule has 4 heteroatoms. The molecule has 0 bridgehead atoms. The van der Waals surface area contributed by atoms with Crippen molar-refractivity contribution in [2.45, 2.75) is 25.9 Å². The summed E-state index contributed by atoms with van der Waals surface area (Å²) in [6, 6.07) is 7.78. The molecule has 16 heavy (non-hydrogen) atoms. The predicted octanol–water partition coefficient (Wildman–Crippen LogP) is 1.52. The summed E-state index contributed by atoms with van der Waals surface area (Å²) in [5, 5.41) is 4.41. The lowest BCUT2D eigenvalue weighted by molar-refractivity contribution is 0.442. The summed E-state index contributed by atoms with van der Waals surface area (Å²) in [4.78, 5) is 4.35. The van der Waals surface area contributed by atoms with Gasteiger partial charge in [-0.15, -0.1) is 0 Å². The molecule has 0 fully saturated rings. The Morgan fingerprint density at radius 1 is 1.31 bits per heavy atom. The number of aromatic nitrogens is 3. The van der Waals surface area contributed by atoms with Gasteiger partial charge in [0.15, 0.2) is 0 Å². The second kappa shape index (κ2) is 4.45. The van der Waals surface area contributed by atoms with Crippen LogP contribution in [0, 0.1) is 6.92 Å². The van der Waals surface area contributed by atoms with E-state index in [1.54, 1.807) is 6.20 Å². The molecule has 0 aliphatic carbocycles. The van der Waals surface area contributed by atoms with Crippen LogP contribution < -0.4 is 5.73 Å². The van der Waals surface area contributed by atoms with Crippen molar-refractivity contribution < 1.29 is 0 Å². The number of nitrogens with zero attached hydrogens (tertiary/aromatic N) is 3. The van der Waals surface area contributed by atoms with Crippen molar-refractivity contribution in [3.8, 4) is 0 Å². The van der Waals surface area contributed by atoms with Crippen molar-refractivity contribution >= 4 is 0 Å². The molecular weight excluding hydrogens is 200 g/mol. The normalized spacial score (nSPS) is 14.7. The second-order valence-corrected chi connectivity index (χ2v) is 4.00. The van der Waals surface area contributed by atoms with Gasteiger partial charge in [-0.3, -0.25) is 9.67 Å². The van der Waals surface area contributed by atoms with E-state index in [1.165, 1.54) is 0 Å². The highest BCUT2D eigenvalue weighted by Gasteiger charge is 2.19. The summed E-state index contributed by atoms with van der Waals surface area (Å²) in [5.74, 6) is 0. The lowest BCUT2D eigenvalue weighted by Gasteiger charge is -2.20. The molecule has 0 aromatic carbocycles. The Hall–Kier alpha value is -1.68. The molecule has 0 saturated heterocycles. The first kappa shape index (κ1) is 10.8. The van der Waals surface area contributed by atoms with Gasteiger partial charge in [-0.2, -0.15) is 5.10 Å². The van der Waals surface area contributed by atoms with E-state index in [0.29, 0.717) is 0 Å². The minimum Gasteiger partial charge on any atom is -0.326 e. The number of rotatable bonds is 3. The van der Waals surface area contributed by atoms with Crippen LogP contribution in [-0.4, -0.2) is 20.8 Å². The first-order valence-corrected chi connectivity index (χ1v) is 5.37. The van der Waals surface area contributed by atoms with Gasteiger partial charge in [-0.05, 0) is 32.0 Å². The predicted molar refractivity (Wildman–Crippen MR) is 63.0 cm³/mol. The highest BCUT2D eigenvalue weighted by Crippen LogP contribution is 2.18. The molecule has 4 nitrogen and oxygen atoms in total. The topological polar surface area (TPSA) is 56.7 Å². The number of nitrogens with two attached hydrogens (primary N) is 1. The van der Waals surface area contributed by atoms with Crippen molar-refractivity contribution in [1.82, 2.24) is 14.8 Å². The number of aryl methyl sites for hydroxylation is 1. The Kier molecular flexibility index (Phi) is 3.01. The smallest absolute Gasteiger partial charge is 0.109 e. The summed E-state index contributed by atoms with van der Waals surface area (Å²) in [6.07, 6.45) is 3.72. The van der Waals surface area contributed by atoms with Crippen LogP contribution in [0.3, 0.4) is 0 Å². The summed E-state index contributed by atoms with van der Waals surface area (Å²) in [6.45, 7) is 3.93. The first-order chi connectivity index (χ1) is 7.68. The summed E-state index contributed by atoms with van der Waals surface area (Å²) < 4.78 is 1.88. The Morgan fingerprint density at radius 2 is 2.12 bits per heavy atom. The highest BCUT2D eigenvalue weighted by atomic mass is 15.3. The van der Waals surface area contributed by atoms with Gasteiger partial charge in [0, 0.05) is 18.4 Å². The van der Waals surface area contributed by atoms with Gasteiger partial charge in [0.25, 0.3) is 0 Å². The van der Waals surface area contributed by atoms with E-state index in [2.05, 4.69) is 10.1 Å². The fourth-order valence-electron chi connectivity index (χ4n) is 1.78. The average molecular weight is 216 g/mol. The standard InChI is InChI=1S/C12H16N4/c1-9-6-8-16(15-9)12(10(2)13)11-5-3-4-7-14-11/h3-8,10,12H,13H2,1-2H3. The fraction of sp³-hybridized carbons (Fsp3) is 0.333. The third-order valence-electron chi connectivity index (χ3n) is 2.52. The van der Waals surface area contributed by atoms with Crippen LogP contribution >= 0.6 is 0 Å². The van der Waals surface area contributed by atoms with Crippen LogP contribution in [0.25, 0.3) is 0 Å². The Labute approximate surface area is 95.1 Å².